The Morgan fingerprint density at radius 1 is 1.75 bits per heavy atom. The number of aryl methyl sites for hydroxylation is 1. The van der Waals surface area contributed by atoms with E-state index in [1.54, 1.807) is 6.07 Å². The van der Waals surface area contributed by atoms with Gasteiger partial charge in [-0.3, -0.25) is 0 Å². The van der Waals surface area contributed by atoms with E-state index in [4.69, 9.17) is 5.11 Å². The Bertz CT molecular complexity index is 308. The third-order valence-corrected chi connectivity index (χ3v) is 3.34. The summed E-state index contributed by atoms with van der Waals surface area (Å²) in [7, 11) is 0. The largest absolute Gasteiger partial charge is 0.479 e. The molecule has 1 unspecified atom stereocenters. The summed E-state index contributed by atoms with van der Waals surface area (Å²) < 4.78 is 0.653. The summed E-state index contributed by atoms with van der Waals surface area (Å²) in [5.41, 5.74) is 0. The zero-order chi connectivity index (χ0) is 9.30. The molecule has 66 valence electrons. The van der Waals surface area contributed by atoms with Crippen LogP contribution in [0, 0.1) is 6.92 Å². The Morgan fingerprint density at radius 2 is 2.33 bits per heavy atom. The fourth-order valence-corrected chi connectivity index (χ4v) is 2.65. The van der Waals surface area contributed by atoms with Gasteiger partial charge in [0, 0.05) is 9.35 Å². The number of hydrogen-bond donors (Lipinski definition) is 2. The molecule has 2 N–H and O–H groups in total. The summed E-state index contributed by atoms with van der Waals surface area (Å²) in [4.78, 5) is 11.8. The SMILES string of the molecule is Cc1cc(Br)c(C(O)C(=O)O)s1. The Balaban J connectivity index is 3.02. The van der Waals surface area contributed by atoms with Gasteiger partial charge in [0.1, 0.15) is 0 Å². The molecule has 1 heterocycles. The van der Waals surface area contributed by atoms with Crippen molar-refractivity contribution >= 4 is 33.2 Å². The molecule has 0 amide bonds. The lowest BCUT2D eigenvalue weighted by atomic mass is 10.3. The average molecular weight is 251 g/mol. The molecule has 1 atom stereocenters. The monoisotopic (exact) mass is 250 g/mol. The van der Waals surface area contributed by atoms with E-state index in [1.807, 2.05) is 6.92 Å². The predicted octanol–water partition coefficient (Wildman–Crippen LogP) is 1.94. The first-order chi connectivity index (χ1) is 5.52. The zero-order valence-electron chi connectivity index (χ0n) is 6.24. The van der Waals surface area contributed by atoms with Crippen LogP contribution in [-0.4, -0.2) is 16.2 Å². The Labute approximate surface area is 81.8 Å². The highest BCUT2D eigenvalue weighted by molar-refractivity contribution is 9.10. The number of aliphatic carboxylic acids is 1. The van der Waals surface area contributed by atoms with Gasteiger partial charge in [-0.15, -0.1) is 11.3 Å². The van der Waals surface area contributed by atoms with Gasteiger partial charge in [-0.1, -0.05) is 0 Å². The lowest BCUT2D eigenvalue weighted by molar-refractivity contribution is -0.146. The molecule has 0 spiro atoms. The van der Waals surface area contributed by atoms with Crippen molar-refractivity contribution in [3.05, 3.63) is 20.3 Å². The summed E-state index contributed by atoms with van der Waals surface area (Å²) >= 11 is 4.45. The summed E-state index contributed by atoms with van der Waals surface area (Å²) in [5, 5.41) is 17.7. The lowest BCUT2D eigenvalue weighted by Gasteiger charge is -2.01. The Kier molecular flexibility index (Phi) is 2.87. The maximum absolute atomic E-state index is 10.4. The maximum atomic E-state index is 10.4. The molecule has 0 aliphatic carbocycles. The molecular formula is C7H7BrO3S. The molecule has 5 heteroatoms. The normalized spacial score (nSPS) is 12.9. The molecule has 1 rings (SSSR count). The molecule has 0 aromatic carbocycles. The van der Waals surface area contributed by atoms with Crippen LogP contribution < -0.4 is 0 Å². The fraction of sp³-hybridized carbons (Fsp3) is 0.286. The van der Waals surface area contributed by atoms with Gasteiger partial charge in [-0.2, -0.15) is 0 Å². The second kappa shape index (κ2) is 3.55. The van der Waals surface area contributed by atoms with Crippen LogP contribution in [0.1, 0.15) is 15.9 Å². The second-order valence-corrected chi connectivity index (χ2v) is 4.45. The third-order valence-electron chi connectivity index (χ3n) is 1.32. The first-order valence-electron chi connectivity index (χ1n) is 3.19. The summed E-state index contributed by atoms with van der Waals surface area (Å²) in [5.74, 6) is -1.22. The van der Waals surface area contributed by atoms with Gasteiger partial charge in [0.05, 0.1) is 4.88 Å². The van der Waals surface area contributed by atoms with Crippen LogP contribution >= 0.6 is 27.3 Å². The Hall–Kier alpha value is -0.390. The van der Waals surface area contributed by atoms with Crippen molar-refractivity contribution in [1.29, 1.82) is 0 Å². The van der Waals surface area contributed by atoms with Crippen molar-refractivity contribution in [2.24, 2.45) is 0 Å². The van der Waals surface area contributed by atoms with Crippen LogP contribution in [-0.2, 0) is 4.79 Å². The van der Waals surface area contributed by atoms with Gasteiger partial charge in [0.2, 0.25) is 0 Å². The molecule has 12 heavy (non-hydrogen) atoms. The summed E-state index contributed by atoms with van der Waals surface area (Å²) in [6.45, 7) is 1.85. The van der Waals surface area contributed by atoms with Crippen LogP contribution in [0.4, 0.5) is 0 Å². The van der Waals surface area contributed by atoms with E-state index < -0.39 is 12.1 Å². The first kappa shape index (κ1) is 9.70. The van der Waals surface area contributed by atoms with E-state index >= 15 is 0 Å². The van der Waals surface area contributed by atoms with Crippen molar-refractivity contribution in [1.82, 2.24) is 0 Å². The van der Waals surface area contributed by atoms with Crippen LogP contribution in [0.2, 0.25) is 0 Å². The number of aliphatic hydroxyl groups excluding tert-OH is 1. The minimum absolute atomic E-state index is 0.444. The van der Waals surface area contributed by atoms with E-state index in [2.05, 4.69) is 15.9 Å². The van der Waals surface area contributed by atoms with Crippen molar-refractivity contribution in [3.63, 3.8) is 0 Å². The van der Waals surface area contributed by atoms with Crippen molar-refractivity contribution < 1.29 is 15.0 Å². The summed E-state index contributed by atoms with van der Waals surface area (Å²) in [6.07, 6.45) is -1.42. The van der Waals surface area contributed by atoms with Crippen molar-refractivity contribution in [3.8, 4) is 0 Å². The molecule has 3 nitrogen and oxygen atoms in total. The highest BCUT2D eigenvalue weighted by atomic mass is 79.9. The molecule has 0 aliphatic heterocycles. The van der Waals surface area contributed by atoms with Gasteiger partial charge < -0.3 is 10.2 Å². The van der Waals surface area contributed by atoms with E-state index in [0.717, 1.165) is 4.88 Å². The lowest BCUT2D eigenvalue weighted by Crippen LogP contribution is -2.08. The number of carboxylic acid groups (broad SMARTS) is 1. The van der Waals surface area contributed by atoms with Gasteiger partial charge >= 0.3 is 5.97 Å². The topological polar surface area (TPSA) is 57.5 Å². The highest BCUT2D eigenvalue weighted by Crippen LogP contribution is 2.32. The average Bonchev–Trinajstić information content (AvgIpc) is 2.28. The molecule has 0 saturated carbocycles. The molecule has 0 fully saturated rings. The van der Waals surface area contributed by atoms with E-state index in [1.165, 1.54) is 11.3 Å². The smallest absolute Gasteiger partial charge is 0.338 e. The molecule has 1 aromatic heterocycles. The first-order valence-corrected chi connectivity index (χ1v) is 4.80. The third kappa shape index (κ3) is 1.85. The number of aliphatic hydroxyl groups is 1. The molecule has 0 saturated heterocycles. The molecule has 0 radical (unpaired) electrons. The predicted molar refractivity (Wildman–Crippen MR) is 49.4 cm³/mol. The highest BCUT2D eigenvalue weighted by Gasteiger charge is 2.20. The molecular weight excluding hydrogens is 244 g/mol. The zero-order valence-corrected chi connectivity index (χ0v) is 8.65. The quantitative estimate of drug-likeness (QED) is 0.844. The van der Waals surface area contributed by atoms with Crippen LogP contribution in [0.15, 0.2) is 10.5 Å². The number of halogens is 1. The van der Waals surface area contributed by atoms with Crippen molar-refractivity contribution in [2.75, 3.05) is 0 Å². The number of thiophene rings is 1. The molecule has 1 aromatic rings. The Morgan fingerprint density at radius 3 is 2.67 bits per heavy atom. The van der Waals surface area contributed by atoms with E-state index in [0.29, 0.717) is 9.35 Å². The molecule has 0 aliphatic rings. The minimum atomic E-state index is -1.42. The van der Waals surface area contributed by atoms with Crippen LogP contribution in [0.25, 0.3) is 0 Å². The van der Waals surface area contributed by atoms with Gasteiger partial charge in [0.25, 0.3) is 0 Å². The number of rotatable bonds is 2. The number of carboxylic acids is 1. The van der Waals surface area contributed by atoms with Crippen LogP contribution in [0.3, 0.4) is 0 Å². The number of hydrogen-bond acceptors (Lipinski definition) is 3. The standard InChI is InChI=1S/C7H7BrO3S/c1-3-2-4(8)6(12-3)5(9)7(10)11/h2,5,9H,1H3,(H,10,11). The van der Waals surface area contributed by atoms with Gasteiger partial charge in [-0.05, 0) is 28.9 Å². The second-order valence-electron chi connectivity index (χ2n) is 2.31. The maximum Gasteiger partial charge on any atom is 0.338 e. The summed E-state index contributed by atoms with van der Waals surface area (Å²) in [6, 6.07) is 1.78. The minimum Gasteiger partial charge on any atom is -0.479 e. The fourth-order valence-electron chi connectivity index (χ4n) is 0.800. The van der Waals surface area contributed by atoms with Gasteiger partial charge in [0.15, 0.2) is 6.10 Å². The number of carbonyl (C=O) groups is 1. The van der Waals surface area contributed by atoms with Gasteiger partial charge in [-0.25, -0.2) is 4.79 Å². The molecule has 0 bridgehead atoms. The van der Waals surface area contributed by atoms with Crippen LogP contribution in [0.5, 0.6) is 0 Å². The van der Waals surface area contributed by atoms with Crippen molar-refractivity contribution in [2.45, 2.75) is 13.0 Å². The van der Waals surface area contributed by atoms with E-state index in [9.17, 15) is 9.90 Å². The van der Waals surface area contributed by atoms with E-state index in [-0.39, 0.29) is 0 Å².